The van der Waals surface area contributed by atoms with E-state index in [1.54, 1.807) is 23.1 Å². The molecule has 30 heavy (non-hydrogen) atoms. The molecule has 0 unspecified atom stereocenters. The van der Waals surface area contributed by atoms with Gasteiger partial charge in [0.2, 0.25) is 11.8 Å². The summed E-state index contributed by atoms with van der Waals surface area (Å²) >= 11 is 12.2. The van der Waals surface area contributed by atoms with E-state index in [-0.39, 0.29) is 38.4 Å². The van der Waals surface area contributed by atoms with E-state index in [0.29, 0.717) is 25.9 Å². The molecule has 1 aliphatic rings. The number of halogens is 2. The molecule has 10 heteroatoms. The Hall–Kier alpha value is -2.29. The maximum absolute atomic E-state index is 13.3. The molecule has 1 saturated heterocycles. The monoisotopic (exact) mass is 469 g/mol. The molecule has 0 atom stereocenters. The molecule has 2 N–H and O–H groups in total. The summed E-state index contributed by atoms with van der Waals surface area (Å²) in [6, 6.07) is 12.2. The first-order valence-electron chi connectivity index (χ1n) is 9.29. The molecule has 0 aromatic heterocycles. The van der Waals surface area contributed by atoms with E-state index in [4.69, 9.17) is 28.9 Å². The number of hydrogen-bond donors (Lipinski definition) is 1. The van der Waals surface area contributed by atoms with Gasteiger partial charge >= 0.3 is 0 Å². The van der Waals surface area contributed by atoms with E-state index in [0.717, 1.165) is 4.31 Å². The van der Waals surface area contributed by atoms with E-state index >= 15 is 0 Å². The first kappa shape index (κ1) is 22.4. The molecule has 0 radical (unpaired) electrons. The highest BCUT2D eigenvalue weighted by Crippen LogP contribution is 2.30. The highest BCUT2D eigenvalue weighted by molar-refractivity contribution is 7.92. The van der Waals surface area contributed by atoms with Gasteiger partial charge in [-0.15, -0.1) is 0 Å². The molecule has 2 amide bonds. The van der Waals surface area contributed by atoms with Crippen LogP contribution in [0.25, 0.3) is 0 Å². The molecular formula is C20H21Cl2N3O4S. The average Bonchev–Trinajstić information content (AvgIpc) is 2.71. The molecule has 2 aromatic carbocycles. The molecule has 0 saturated carbocycles. The van der Waals surface area contributed by atoms with Crippen LogP contribution in [-0.2, 0) is 19.6 Å². The van der Waals surface area contributed by atoms with Crippen molar-refractivity contribution in [3.63, 3.8) is 0 Å². The van der Waals surface area contributed by atoms with Crippen molar-refractivity contribution in [1.29, 1.82) is 0 Å². The number of carbonyl (C=O) groups excluding carboxylic acids is 2. The maximum atomic E-state index is 13.3. The Balaban J connectivity index is 1.91. The van der Waals surface area contributed by atoms with Crippen LogP contribution in [0, 0.1) is 5.92 Å². The molecule has 0 aliphatic carbocycles. The summed E-state index contributed by atoms with van der Waals surface area (Å²) in [7, 11) is -4.05. The van der Waals surface area contributed by atoms with E-state index < -0.39 is 16.6 Å². The van der Waals surface area contributed by atoms with Gasteiger partial charge < -0.3 is 10.6 Å². The lowest BCUT2D eigenvalue weighted by molar-refractivity contribution is -0.133. The summed E-state index contributed by atoms with van der Waals surface area (Å²) in [5, 5.41) is 0.501. The Labute approximate surface area is 185 Å². The van der Waals surface area contributed by atoms with Crippen molar-refractivity contribution in [2.75, 3.05) is 23.9 Å². The Morgan fingerprint density at radius 3 is 2.13 bits per heavy atom. The van der Waals surface area contributed by atoms with Crippen LogP contribution in [-0.4, -0.2) is 44.8 Å². The number of carbonyl (C=O) groups is 2. The van der Waals surface area contributed by atoms with Crippen molar-refractivity contribution >= 4 is 50.7 Å². The van der Waals surface area contributed by atoms with Gasteiger partial charge in [0.05, 0.1) is 10.6 Å². The summed E-state index contributed by atoms with van der Waals surface area (Å²) in [5.74, 6) is -1.04. The molecule has 2 aromatic rings. The third-order valence-electron chi connectivity index (χ3n) is 5.00. The molecule has 0 bridgehead atoms. The lowest BCUT2D eigenvalue weighted by Crippen LogP contribution is -2.47. The number of amides is 2. The van der Waals surface area contributed by atoms with Crippen molar-refractivity contribution in [2.24, 2.45) is 11.7 Å². The van der Waals surface area contributed by atoms with Gasteiger partial charge in [-0.25, -0.2) is 8.42 Å². The van der Waals surface area contributed by atoms with Gasteiger partial charge in [-0.05, 0) is 43.2 Å². The number of anilines is 1. The minimum absolute atomic E-state index is 0.0429. The summed E-state index contributed by atoms with van der Waals surface area (Å²) in [5.41, 5.74) is 5.53. The van der Waals surface area contributed by atoms with E-state index in [1.165, 1.54) is 30.3 Å². The first-order chi connectivity index (χ1) is 14.2. The summed E-state index contributed by atoms with van der Waals surface area (Å²) in [6.07, 6.45) is 0.908. The van der Waals surface area contributed by atoms with Gasteiger partial charge in [0.15, 0.2) is 0 Å². The van der Waals surface area contributed by atoms with Crippen LogP contribution in [0.4, 0.5) is 5.69 Å². The van der Waals surface area contributed by atoms with Crippen LogP contribution in [0.1, 0.15) is 12.8 Å². The normalized spacial score (nSPS) is 15.1. The number of rotatable bonds is 6. The van der Waals surface area contributed by atoms with Gasteiger partial charge in [0, 0.05) is 29.1 Å². The zero-order valence-corrected chi connectivity index (χ0v) is 18.3. The zero-order valence-electron chi connectivity index (χ0n) is 16.0. The maximum Gasteiger partial charge on any atom is 0.264 e. The Kier molecular flexibility index (Phi) is 6.90. The summed E-state index contributed by atoms with van der Waals surface area (Å²) in [6.45, 7) is 0.249. The van der Waals surface area contributed by atoms with Crippen LogP contribution in [0.3, 0.4) is 0 Å². The van der Waals surface area contributed by atoms with Gasteiger partial charge in [-0.3, -0.25) is 13.9 Å². The predicted octanol–water partition coefficient (Wildman–Crippen LogP) is 2.91. The lowest BCUT2D eigenvalue weighted by Gasteiger charge is -2.33. The van der Waals surface area contributed by atoms with Crippen LogP contribution in [0.5, 0.6) is 0 Å². The summed E-state index contributed by atoms with van der Waals surface area (Å²) in [4.78, 5) is 25.9. The Bertz CT molecular complexity index is 1020. The Morgan fingerprint density at radius 2 is 1.60 bits per heavy atom. The number of nitrogens with zero attached hydrogens (tertiary/aromatic N) is 2. The van der Waals surface area contributed by atoms with Gasteiger partial charge in [-0.1, -0.05) is 41.4 Å². The topological polar surface area (TPSA) is 101 Å². The second-order valence-electron chi connectivity index (χ2n) is 7.01. The number of piperidine rings is 1. The average molecular weight is 470 g/mol. The van der Waals surface area contributed by atoms with Crippen molar-refractivity contribution in [3.8, 4) is 0 Å². The van der Waals surface area contributed by atoms with E-state index in [2.05, 4.69) is 0 Å². The predicted molar refractivity (Wildman–Crippen MR) is 116 cm³/mol. The zero-order chi connectivity index (χ0) is 21.9. The fourth-order valence-electron chi connectivity index (χ4n) is 3.35. The van der Waals surface area contributed by atoms with Crippen molar-refractivity contribution in [2.45, 2.75) is 17.7 Å². The van der Waals surface area contributed by atoms with Crippen LogP contribution < -0.4 is 10.0 Å². The number of nitrogens with two attached hydrogens (primary N) is 1. The van der Waals surface area contributed by atoms with Crippen molar-refractivity contribution in [1.82, 2.24) is 4.90 Å². The third-order valence-corrected chi connectivity index (χ3v) is 7.22. The molecule has 3 rings (SSSR count). The highest BCUT2D eigenvalue weighted by atomic mass is 35.5. The third kappa shape index (κ3) is 5.06. The molecule has 1 fully saturated rings. The molecule has 1 aliphatic heterocycles. The first-order valence-corrected chi connectivity index (χ1v) is 11.5. The number of likely N-dealkylation sites (tertiary alicyclic amines) is 1. The van der Waals surface area contributed by atoms with Crippen molar-refractivity contribution < 1.29 is 18.0 Å². The number of benzene rings is 2. The number of sulfonamides is 1. The lowest BCUT2D eigenvalue weighted by atomic mass is 9.96. The van der Waals surface area contributed by atoms with Gasteiger partial charge in [-0.2, -0.15) is 0 Å². The van der Waals surface area contributed by atoms with Crippen LogP contribution >= 0.6 is 23.2 Å². The summed E-state index contributed by atoms with van der Waals surface area (Å²) < 4.78 is 27.6. The van der Waals surface area contributed by atoms with E-state index in [1.807, 2.05) is 0 Å². The SMILES string of the molecule is NC(=O)C1CCN(C(=O)CN(c2cc(Cl)cc(Cl)c2)S(=O)(=O)c2ccccc2)CC1. The quantitative estimate of drug-likeness (QED) is 0.702. The molecule has 0 spiro atoms. The molecule has 1 heterocycles. The highest BCUT2D eigenvalue weighted by Gasteiger charge is 2.31. The van der Waals surface area contributed by atoms with Gasteiger partial charge in [0.1, 0.15) is 6.54 Å². The largest absolute Gasteiger partial charge is 0.369 e. The van der Waals surface area contributed by atoms with Crippen molar-refractivity contribution in [3.05, 3.63) is 58.6 Å². The van der Waals surface area contributed by atoms with Gasteiger partial charge in [0.25, 0.3) is 10.0 Å². The fraction of sp³-hybridized carbons (Fsp3) is 0.300. The molecular weight excluding hydrogens is 449 g/mol. The molecule has 7 nitrogen and oxygen atoms in total. The van der Waals surface area contributed by atoms with Crippen LogP contribution in [0.15, 0.2) is 53.4 Å². The van der Waals surface area contributed by atoms with Crippen LogP contribution in [0.2, 0.25) is 10.0 Å². The number of hydrogen-bond acceptors (Lipinski definition) is 4. The minimum atomic E-state index is -4.05. The smallest absolute Gasteiger partial charge is 0.264 e. The second kappa shape index (κ2) is 9.24. The minimum Gasteiger partial charge on any atom is -0.369 e. The molecule has 160 valence electrons. The number of primary amides is 1. The fourth-order valence-corrected chi connectivity index (χ4v) is 5.29. The second-order valence-corrected chi connectivity index (χ2v) is 9.74. The standard InChI is InChI=1S/C20H21Cl2N3O4S/c21-15-10-16(22)12-17(11-15)25(30(28,29)18-4-2-1-3-5-18)13-19(26)24-8-6-14(7-9-24)20(23)27/h1-5,10-12,14H,6-9,13H2,(H2,23,27). The van der Waals surface area contributed by atoms with E-state index in [9.17, 15) is 18.0 Å². The Morgan fingerprint density at radius 1 is 1.03 bits per heavy atom.